The lowest BCUT2D eigenvalue weighted by Crippen LogP contribution is -1.82. The third-order valence-electron chi connectivity index (χ3n) is 0.839. The monoisotopic (exact) mass is 191 g/mol. The van der Waals surface area contributed by atoms with E-state index in [1.807, 2.05) is 0 Å². The molecule has 3 heteroatoms. The summed E-state index contributed by atoms with van der Waals surface area (Å²) >= 11 is 2.80. The van der Waals surface area contributed by atoms with E-state index < -0.39 is 11.6 Å². The van der Waals surface area contributed by atoms with Crippen LogP contribution in [0.4, 0.5) is 8.78 Å². The van der Waals surface area contributed by atoms with Gasteiger partial charge in [-0.3, -0.25) is 0 Å². The van der Waals surface area contributed by atoms with Gasteiger partial charge < -0.3 is 0 Å². The van der Waals surface area contributed by atoms with E-state index in [4.69, 9.17) is 0 Å². The molecule has 0 amide bonds. The van der Waals surface area contributed by atoms with E-state index in [1.165, 1.54) is 6.07 Å². The summed E-state index contributed by atoms with van der Waals surface area (Å²) in [4.78, 5) is 0. The van der Waals surface area contributed by atoms with Gasteiger partial charge in [0.05, 0.1) is 4.47 Å². The Morgan fingerprint density at radius 2 is 2.00 bits per heavy atom. The highest BCUT2D eigenvalue weighted by Gasteiger charge is 2.02. The molecule has 0 atom stereocenters. The fourth-order valence-corrected chi connectivity index (χ4v) is 0.750. The molecule has 0 unspecified atom stereocenters. The molecule has 1 rings (SSSR count). The van der Waals surface area contributed by atoms with Crippen LogP contribution in [0.2, 0.25) is 0 Å². The minimum Gasteiger partial charge on any atom is -0.204 e. The van der Waals surface area contributed by atoms with Crippen molar-refractivity contribution in [3.05, 3.63) is 34.3 Å². The third kappa shape index (κ3) is 1.27. The van der Waals surface area contributed by atoms with Gasteiger partial charge in [-0.2, -0.15) is 0 Å². The molecule has 1 aromatic rings. The molecule has 0 aromatic heterocycles. The maximum absolute atomic E-state index is 12.3. The highest BCUT2D eigenvalue weighted by Crippen LogP contribution is 2.16. The Labute approximate surface area is 59.6 Å². The van der Waals surface area contributed by atoms with Crippen LogP contribution in [0.5, 0.6) is 0 Å². The van der Waals surface area contributed by atoms with E-state index >= 15 is 0 Å². The lowest BCUT2D eigenvalue weighted by Gasteiger charge is -1.91. The fraction of sp³-hybridized carbons (Fsp3) is 0. The molecule has 0 heterocycles. The van der Waals surface area contributed by atoms with Gasteiger partial charge in [0.1, 0.15) is 0 Å². The van der Waals surface area contributed by atoms with Crippen molar-refractivity contribution in [2.24, 2.45) is 0 Å². The van der Waals surface area contributed by atoms with E-state index in [2.05, 4.69) is 22.0 Å². The van der Waals surface area contributed by atoms with Gasteiger partial charge >= 0.3 is 0 Å². The van der Waals surface area contributed by atoms with Crippen LogP contribution >= 0.6 is 15.9 Å². The van der Waals surface area contributed by atoms with Crippen molar-refractivity contribution in [3.63, 3.8) is 0 Å². The number of halogens is 3. The second-order valence-corrected chi connectivity index (χ2v) is 2.32. The van der Waals surface area contributed by atoms with E-state index in [0.29, 0.717) is 0 Å². The molecule has 0 bridgehead atoms. The number of benzene rings is 1. The Morgan fingerprint density at radius 1 is 1.33 bits per heavy atom. The van der Waals surface area contributed by atoms with Crippen LogP contribution in [-0.4, -0.2) is 0 Å². The SMILES string of the molecule is Fc1c[c]cc(Br)c1F. The summed E-state index contributed by atoms with van der Waals surface area (Å²) in [5.74, 6) is -1.75. The van der Waals surface area contributed by atoms with Crippen LogP contribution in [0, 0.1) is 17.7 Å². The average Bonchev–Trinajstić information content (AvgIpc) is 1.83. The Bertz CT molecular complexity index is 202. The number of rotatable bonds is 0. The van der Waals surface area contributed by atoms with E-state index in [9.17, 15) is 8.78 Å². The van der Waals surface area contributed by atoms with Crippen LogP contribution in [0.25, 0.3) is 0 Å². The standard InChI is InChI=1S/C6H2BrF2/c7-4-2-1-3-5(8)6(4)9/h2-3H. The first-order valence-electron chi connectivity index (χ1n) is 2.22. The lowest BCUT2D eigenvalue weighted by molar-refractivity contribution is 0.504. The molecule has 0 N–H and O–H groups in total. The zero-order valence-corrected chi connectivity index (χ0v) is 5.87. The molecule has 0 saturated heterocycles. The molecule has 1 radical (unpaired) electrons. The Hall–Kier alpha value is -0.440. The van der Waals surface area contributed by atoms with Gasteiger partial charge in [-0.05, 0) is 34.1 Å². The summed E-state index contributed by atoms with van der Waals surface area (Å²) in [6.45, 7) is 0. The lowest BCUT2D eigenvalue weighted by atomic mass is 10.3. The highest BCUT2D eigenvalue weighted by molar-refractivity contribution is 9.10. The second-order valence-electron chi connectivity index (χ2n) is 1.47. The van der Waals surface area contributed by atoms with Crippen molar-refractivity contribution in [2.75, 3.05) is 0 Å². The summed E-state index contributed by atoms with van der Waals surface area (Å²) in [6.07, 6.45) is 0. The van der Waals surface area contributed by atoms with Gasteiger partial charge in [0.25, 0.3) is 0 Å². The molecule has 0 saturated carbocycles. The highest BCUT2D eigenvalue weighted by atomic mass is 79.9. The normalized spacial score (nSPS) is 9.67. The first-order valence-corrected chi connectivity index (χ1v) is 3.01. The molecule has 0 aliphatic carbocycles. The molecule has 0 spiro atoms. The molecule has 0 aliphatic heterocycles. The maximum Gasteiger partial charge on any atom is 0.173 e. The maximum atomic E-state index is 12.3. The van der Waals surface area contributed by atoms with E-state index in [0.717, 1.165) is 6.07 Å². The smallest absolute Gasteiger partial charge is 0.173 e. The molecular weight excluding hydrogens is 190 g/mol. The molecule has 0 nitrogen and oxygen atoms in total. The van der Waals surface area contributed by atoms with Gasteiger partial charge in [-0.15, -0.1) is 0 Å². The fourth-order valence-electron chi connectivity index (χ4n) is 0.429. The van der Waals surface area contributed by atoms with Crippen LogP contribution in [0.1, 0.15) is 0 Å². The minimum atomic E-state index is -0.885. The average molecular weight is 192 g/mol. The van der Waals surface area contributed by atoms with Crippen LogP contribution in [-0.2, 0) is 0 Å². The number of hydrogen-bond donors (Lipinski definition) is 0. The summed E-state index contributed by atoms with van der Waals surface area (Å²) < 4.78 is 24.5. The van der Waals surface area contributed by atoms with Crippen molar-refractivity contribution in [2.45, 2.75) is 0 Å². The summed E-state index contributed by atoms with van der Waals surface area (Å²) in [7, 11) is 0. The number of hydrogen-bond acceptors (Lipinski definition) is 0. The quantitative estimate of drug-likeness (QED) is 0.554. The van der Waals surface area contributed by atoms with Crippen molar-refractivity contribution >= 4 is 15.9 Å². The molecular formula is C6H2BrF2. The van der Waals surface area contributed by atoms with Crippen LogP contribution in [0.15, 0.2) is 16.6 Å². The molecule has 0 fully saturated rings. The summed E-state index contributed by atoms with van der Waals surface area (Å²) in [6, 6.07) is 4.67. The Kier molecular flexibility index (Phi) is 1.81. The second kappa shape index (κ2) is 2.43. The van der Waals surface area contributed by atoms with Crippen molar-refractivity contribution in [1.29, 1.82) is 0 Å². The Balaban J connectivity index is 3.25. The predicted molar refractivity (Wildman–Crippen MR) is 32.9 cm³/mol. The first kappa shape index (κ1) is 6.68. The molecule has 9 heavy (non-hydrogen) atoms. The first-order chi connectivity index (χ1) is 4.22. The van der Waals surface area contributed by atoms with Crippen molar-refractivity contribution < 1.29 is 8.78 Å². The minimum absolute atomic E-state index is 0.0995. The zero-order chi connectivity index (χ0) is 6.85. The van der Waals surface area contributed by atoms with Crippen molar-refractivity contribution in [1.82, 2.24) is 0 Å². The predicted octanol–water partition coefficient (Wildman–Crippen LogP) is 2.53. The topological polar surface area (TPSA) is 0 Å². The van der Waals surface area contributed by atoms with E-state index in [-0.39, 0.29) is 4.47 Å². The summed E-state index contributed by atoms with van der Waals surface area (Å²) in [5, 5.41) is 0. The van der Waals surface area contributed by atoms with Gasteiger partial charge in [0.2, 0.25) is 0 Å². The molecule has 47 valence electrons. The van der Waals surface area contributed by atoms with Gasteiger partial charge in [0.15, 0.2) is 11.6 Å². The van der Waals surface area contributed by atoms with Crippen LogP contribution in [0.3, 0.4) is 0 Å². The van der Waals surface area contributed by atoms with Crippen molar-refractivity contribution in [3.8, 4) is 0 Å². The Morgan fingerprint density at radius 3 is 2.44 bits per heavy atom. The summed E-state index contributed by atoms with van der Waals surface area (Å²) in [5.41, 5.74) is 0. The molecule has 1 aromatic carbocycles. The van der Waals surface area contributed by atoms with Gasteiger partial charge in [0, 0.05) is 0 Å². The zero-order valence-electron chi connectivity index (χ0n) is 4.29. The van der Waals surface area contributed by atoms with E-state index in [1.54, 1.807) is 0 Å². The van der Waals surface area contributed by atoms with Gasteiger partial charge in [-0.1, -0.05) is 0 Å². The molecule has 0 aliphatic rings. The third-order valence-corrected chi connectivity index (χ3v) is 1.42. The van der Waals surface area contributed by atoms with Crippen LogP contribution < -0.4 is 0 Å². The van der Waals surface area contributed by atoms with Gasteiger partial charge in [-0.25, -0.2) is 8.78 Å². The largest absolute Gasteiger partial charge is 0.204 e.